The van der Waals surface area contributed by atoms with Crippen molar-refractivity contribution in [2.24, 2.45) is 7.05 Å². The number of nitrogens with one attached hydrogen (secondary N) is 2. The largest absolute Gasteiger partial charge is 0.485 e. The van der Waals surface area contributed by atoms with Crippen molar-refractivity contribution in [3.8, 4) is 11.6 Å². The van der Waals surface area contributed by atoms with Crippen molar-refractivity contribution < 1.29 is 23.0 Å². The third-order valence-corrected chi connectivity index (χ3v) is 4.12. The van der Waals surface area contributed by atoms with Crippen LogP contribution in [0.25, 0.3) is 0 Å². The number of amides is 1. The predicted molar refractivity (Wildman–Crippen MR) is 112 cm³/mol. The van der Waals surface area contributed by atoms with Crippen LogP contribution >= 0.6 is 0 Å². The normalized spacial score (nSPS) is 11.2. The minimum Gasteiger partial charge on any atom is -0.485 e. The number of carbonyl (C=O) groups excluding carboxylic acids is 1. The molecule has 3 aromatic heterocycles. The number of aryl methyl sites for hydroxylation is 2. The smallest absolute Gasteiger partial charge is 0.303 e. The number of carbonyl (C=O) groups is 1. The Morgan fingerprint density at radius 2 is 2.00 bits per heavy atom. The lowest BCUT2D eigenvalue weighted by Gasteiger charge is -2.16. The van der Waals surface area contributed by atoms with Crippen molar-refractivity contribution in [2.45, 2.75) is 33.3 Å². The van der Waals surface area contributed by atoms with Crippen molar-refractivity contribution in [3.63, 3.8) is 0 Å². The van der Waals surface area contributed by atoms with E-state index in [1.54, 1.807) is 24.9 Å². The third-order valence-electron chi connectivity index (χ3n) is 4.12. The molecule has 170 valence electrons. The second-order valence-corrected chi connectivity index (χ2v) is 7.10. The zero-order valence-electron chi connectivity index (χ0n) is 18.2. The number of ether oxygens (including phenoxy) is 2. The number of rotatable bonds is 8. The molecule has 0 aromatic carbocycles. The Hall–Kier alpha value is -3.83. The Kier molecular flexibility index (Phi) is 6.51. The number of hydrogen-bond acceptors (Lipinski definition) is 8. The van der Waals surface area contributed by atoms with E-state index in [0.29, 0.717) is 28.6 Å². The lowest BCUT2D eigenvalue weighted by molar-refractivity contribution is -0.114. The van der Waals surface area contributed by atoms with Gasteiger partial charge in [-0.1, -0.05) is 0 Å². The number of nitrogens with zero attached hydrogens (tertiary/aromatic N) is 5. The van der Waals surface area contributed by atoms with E-state index in [1.807, 2.05) is 0 Å². The molecule has 0 fully saturated rings. The van der Waals surface area contributed by atoms with Crippen LogP contribution in [0.2, 0.25) is 0 Å². The van der Waals surface area contributed by atoms with E-state index in [9.17, 15) is 13.6 Å². The number of hydrogen-bond donors (Lipinski definition) is 2. The molecule has 2 N–H and O–H groups in total. The molecule has 32 heavy (non-hydrogen) atoms. The molecule has 0 spiro atoms. The second-order valence-electron chi connectivity index (χ2n) is 7.10. The minimum absolute atomic E-state index is 0.105. The van der Waals surface area contributed by atoms with Gasteiger partial charge in [0, 0.05) is 44.9 Å². The van der Waals surface area contributed by atoms with Crippen LogP contribution < -0.4 is 20.1 Å². The van der Waals surface area contributed by atoms with Gasteiger partial charge in [0.2, 0.25) is 17.6 Å². The van der Waals surface area contributed by atoms with Crippen LogP contribution in [-0.4, -0.2) is 37.7 Å². The van der Waals surface area contributed by atoms with Crippen molar-refractivity contribution in [1.82, 2.24) is 24.7 Å². The monoisotopic (exact) mass is 447 g/mol. The molecule has 12 heteroatoms. The summed E-state index contributed by atoms with van der Waals surface area (Å²) < 4.78 is 40.2. The van der Waals surface area contributed by atoms with E-state index >= 15 is 0 Å². The van der Waals surface area contributed by atoms with Gasteiger partial charge in [-0.15, -0.1) is 5.10 Å². The first kappa shape index (κ1) is 22.8. The summed E-state index contributed by atoms with van der Waals surface area (Å²) in [6.07, 6.45) is 3.15. The van der Waals surface area contributed by atoms with E-state index in [2.05, 4.69) is 30.7 Å². The molecular formula is C20H23F2N7O3. The number of anilines is 3. The Balaban J connectivity index is 1.93. The van der Waals surface area contributed by atoms with E-state index in [0.717, 1.165) is 6.92 Å². The summed E-state index contributed by atoms with van der Waals surface area (Å²) in [6.45, 7) is 3.76. The standard InChI is InChI=1S/C20H23F2N7O3/c1-11-6-17(27-19(24-11)20(3,21)22)26-14-7-16(25-12(2)30)23-8-15(14)32-10-13-9-29(4)28-18(13)31-5/h6-9H,10H2,1-5H3,(H2,23,24,25,26,27,30). The number of aromatic nitrogens is 5. The van der Waals surface area contributed by atoms with Gasteiger partial charge in [0.15, 0.2) is 5.75 Å². The average molecular weight is 447 g/mol. The average Bonchev–Trinajstić information content (AvgIpc) is 3.05. The van der Waals surface area contributed by atoms with Gasteiger partial charge < -0.3 is 20.1 Å². The first-order chi connectivity index (χ1) is 15.0. The van der Waals surface area contributed by atoms with Crippen LogP contribution in [0.5, 0.6) is 11.6 Å². The van der Waals surface area contributed by atoms with Crippen molar-refractivity contribution in [2.75, 3.05) is 17.7 Å². The highest BCUT2D eigenvalue weighted by atomic mass is 19.3. The highest BCUT2D eigenvalue weighted by Crippen LogP contribution is 2.32. The van der Waals surface area contributed by atoms with Crippen LogP contribution in [0.3, 0.4) is 0 Å². The summed E-state index contributed by atoms with van der Waals surface area (Å²) >= 11 is 0. The van der Waals surface area contributed by atoms with Gasteiger partial charge in [0.05, 0.1) is 24.6 Å². The fourth-order valence-corrected chi connectivity index (χ4v) is 2.81. The molecule has 0 aliphatic rings. The number of pyridine rings is 1. The van der Waals surface area contributed by atoms with Crippen LogP contribution in [0.4, 0.5) is 26.1 Å². The van der Waals surface area contributed by atoms with E-state index in [4.69, 9.17) is 9.47 Å². The molecule has 3 heterocycles. The predicted octanol–water partition coefficient (Wildman–Crippen LogP) is 3.31. The molecule has 3 aromatic rings. The first-order valence-corrected chi connectivity index (χ1v) is 9.53. The molecule has 0 aliphatic heterocycles. The van der Waals surface area contributed by atoms with Gasteiger partial charge in [-0.3, -0.25) is 9.48 Å². The fraction of sp³-hybridized carbons (Fsp3) is 0.350. The van der Waals surface area contributed by atoms with Crippen molar-refractivity contribution >= 4 is 23.2 Å². The molecule has 1 amide bonds. The summed E-state index contributed by atoms with van der Waals surface area (Å²) in [4.78, 5) is 23.3. The topological polar surface area (TPSA) is 116 Å². The molecule has 10 nitrogen and oxygen atoms in total. The lowest BCUT2D eigenvalue weighted by Crippen LogP contribution is -2.14. The zero-order valence-corrected chi connectivity index (χ0v) is 18.2. The Morgan fingerprint density at radius 1 is 1.25 bits per heavy atom. The summed E-state index contributed by atoms with van der Waals surface area (Å²) in [6, 6.07) is 3.03. The maximum Gasteiger partial charge on any atom is 0.303 e. The fourth-order valence-electron chi connectivity index (χ4n) is 2.81. The Morgan fingerprint density at radius 3 is 2.66 bits per heavy atom. The number of alkyl halides is 2. The highest BCUT2D eigenvalue weighted by Gasteiger charge is 2.29. The Bertz CT molecular complexity index is 1130. The maximum absolute atomic E-state index is 13.8. The summed E-state index contributed by atoms with van der Waals surface area (Å²) in [7, 11) is 3.25. The molecule has 0 radical (unpaired) electrons. The second kappa shape index (κ2) is 9.12. The van der Waals surface area contributed by atoms with Crippen LogP contribution in [0, 0.1) is 6.92 Å². The summed E-state index contributed by atoms with van der Waals surface area (Å²) in [5, 5.41) is 9.69. The third kappa shape index (κ3) is 5.65. The summed E-state index contributed by atoms with van der Waals surface area (Å²) in [5.41, 5.74) is 1.41. The lowest BCUT2D eigenvalue weighted by atomic mass is 10.3. The molecule has 0 saturated carbocycles. The molecule has 0 bridgehead atoms. The molecule has 0 saturated heterocycles. The van der Waals surface area contributed by atoms with Gasteiger partial charge in [-0.25, -0.2) is 15.0 Å². The van der Waals surface area contributed by atoms with Gasteiger partial charge in [0.25, 0.3) is 0 Å². The van der Waals surface area contributed by atoms with Crippen molar-refractivity contribution in [3.05, 3.63) is 41.6 Å². The minimum atomic E-state index is -3.21. The van der Waals surface area contributed by atoms with Crippen molar-refractivity contribution in [1.29, 1.82) is 0 Å². The van der Waals surface area contributed by atoms with E-state index < -0.39 is 11.7 Å². The van der Waals surface area contributed by atoms with E-state index in [1.165, 1.54) is 32.4 Å². The van der Waals surface area contributed by atoms with Gasteiger partial charge in [-0.05, 0) is 6.92 Å². The number of methoxy groups -OCH3 is 1. The molecule has 0 aliphatic carbocycles. The molecule has 3 rings (SSSR count). The maximum atomic E-state index is 13.8. The molecule has 0 atom stereocenters. The van der Waals surface area contributed by atoms with Gasteiger partial charge in [0.1, 0.15) is 18.2 Å². The zero-order chi connectivity index (χ0) is 23.5. The van der Waals surface area contributed by atoms with E-state index in [-0.39, 0.29) is 24.1 Å². The van der Waals surface area contributed by atoms with Gasteiger partial charge in [-0.2, -0.15) is 8.78 Å². The highest BCUT2D eigenvalue weighted by molar-refractivity contribution is 5.88. The first-order valence-electron chi connectivity index (χ1n) is 9.53. The molecule has 0 unspecified atom stereocenters. The summed E-state index contributed by atoms with van der Waals surface area (Å²) in [5.74, 6) is -3.05. The SMILES string of the molecule is COc1nn(C)cc1COc1cnc(NC(C)=O)cc1Nc1cc(C)nc(C(C)(F)F)n1. The molecular weight excluding hydrogens is 424 g/mol. The van der Waals surface area contributed by atoms with Crippen LogP contribution in [-0.2, 0) is 24.4 Å². The van der Waals surface area contributed by atoms with Crippen LogP contribution in [0.15, 0.2) is 24.5 Å². The number of halogens is 2. The quantitative estimate of drug-likeness (QED) is 0.540. The van der Waals surface area contributed by atoms with Crippen LogP contribution in [0.1, 0.15) is 30.9 Å². The Labute approximate surface area is 183 Å². The van der Waals surface area contributed by atoms with Gasteiger partial charge >= 0.3 is 5.92 Å².